The molecule has 0 aliphatic heterocycles. The van der Waals surface area contributed by atoms with E-state index in [-0.39, 0.29) is 17.6 Å². The van der Waals surface area contributed by atoms with Crippen LogP contribution in [0.3, 0.4) is 0 Å². The average Bonchev–Trinajstić information content (AvgIpc) is 2.92. The van der Waals surface area contributed by atoms with Crippen molar-refractivity contribution >= 4 is 17.3 Å². The quantitative estimate of drug-likeness (QED) is 0.913. The van der Waals surface area contributed by atoms with Gasteiger partial charge in [0, 0.05) is 23.9 Å². The second-order valence-corrected chi connectivity index (χ2v) is 6.26. The molecule has 2 atom stereocenters. The van der Waals surface area contributed by atoms with Crippen LogP contribution in [0.4, 0.5) is 5.69 Å². The summed E-state index contributed by atoms with van der Waals surface area (Å²) in [5.74, 6) is 0. The van der Waals surface area contributed by atoms with Crippen LogP contribution in [0.25, 0.3) is 5.69 Å². The van der Waals surface area contributed by atoms with Crippen molar-refractivity contribution in [2.24, 2.45) is 5.41 Å². The minimum absolute atomic E-state index is 0.135. The third kappa shape index (κ3) is 2.09. The molecular formula is C15H18ClN3O. The van der Waals surface area contributed by atoms with Crippen molar-refractivity contribution in [2.45, 2.75) is 32.4 Å². The van der Waals surface area contributed by atoms with Crippen molar-refractivity contribution in [3.8, 4) is 5.69 Å². The van der Waals surface area contributed by atoms with Gasteiger partial charge in [-0.1, -0.05) is 31.5 Å². The minimum Gasteiger partial charge on any atom is -0.392 e. The van der Waals surface area contributed by atoms with Crippen LogP contribution in [-0.2, 0) is 0 Å². The lowest BCUT2D eigenvalue weighted by Crippen LogP contribution is -2.57. The Kier molecular flexibility index (Phi) is 3.22. The van der Waals surface area contributed by atoms with Gasteiger partial charge in [0.05, 0.1) is 16.8 Å². The number of nitrogens with zero attached hydrogens (tertiary/aromatic N) is 2. The van der Waals surface area contributed by atoms with Crippen LogP contribution < -0.4 is 5.32 Å². The lowest BCUT2D eigenvalue weighted by Gasteiger charge is -2.50. The SMILES string of the molecule is CC1(C)C(O)CC1Nc1cccc(Cl)c1-n1cccn1. The summed E-state index contributed by atoms with van der Waals surface area (Å²) in [4.78, 5) is 0. The average molecular weight is 292 g/mol. The van der Waals surface area contributed by atoms with Crippen molar-refractivity contribution < 1.29 is 5.11 Å². The third-order valence-electron chi connectivity index (χ3n) is 4.27. The van der Waals surface area contributed by atoms with Gasteiger partial charge in [-0.15, -0.1) is 0 Å². The molecule has 2 aromatic rings. The molecule has 1 saturated carbocycles. The number of anilines is 1. The Bertz CT molecular complexity index is 610. The molecule has 3 rings (SSSR count). The maximum atomic E-state index is 9.85. The molecule has 1 aliphatic rings. The number of halogens is 1. The fraction of sp³-hybridized carbons (Fsp3) is 0.400. The van der Waals surface area contributed by atoms with Gasteiger partial charge in [-0.2, -0.15) is 5.10 Å². The second-order valence-electron chi connectivity index (χ2n) is 5.86. The molecular weight excluding hydrogens is 274 g/mol. The summed E-state index contributed by atoms with van der Waals surface area (Å²) >= 11 is 6.32. The summed E-state index contributed by atoms with van der Waals surface area (Å²) < 4.78 is 1.76. The van der Waals surface area contributed by atoms with E-state index < -0.39 is 0 Å². The normalized spacial score (nSPS) is 24.2. The smallest absolute Gasteiger partial charge is 0.106 e. The van der Waals surface area contributed by atoms with E-state index in [1.165, 1.54) is 0 Å². The highest BCUT2D eigenvalue weighted by Crippen LogP contribution is 2.43. The van der Waals surface area contributed by atoms with Crippen LogP contribution in [-0.4, -0.2) is 27.0 Å². The van der Waals surface area contributed by atoms with E-state index in [2.05, 4.69) is 24.3 Å². The summed E-state index contributed by atoms with van der Waals surface area (Å²) in [6.45, 7) is 4.13. The standard InChI is InChI=1S/C15H18ClN3O/c1-15(2)12(9-13(15)20)18-11-6-3-5-10(16)14(11)19-8-4-7-17-19/h3-8,12-13,18,20H,9H2,1-2H3. The van der Waals surface area contributed by atoms with E-state index in [0.717, 1.165) is 17.8 Å². The van der Waals surface area contributed by atoms with Crippen LogP contribution >= 0.6 is 11.6 Å². The zero-order valence-electron chi connectivity index (χ0n) is 11.5. The Morgan fingerprint density at radius 1 is 1.40 bits per heavy atom. The second kappa shape index (κ2) is 4.79. The zero-order valence-corrected chi connectivity index (χ0v) is 12.3. The van der Waals surface area contributed by atoms with E-state index in [4.69, 9.17) is 11.6 Å². The Morgan fingerprint density at radius 2 is 2.20 bits per heavy atom. The predicted octanol–water partition coefficient (Wildman–Crippen LogP) is 3.10. The Labute approximate surface area is 123 Å². The molecule has 1 aromatic heterocycles. The number of benzene rings is 1. The molecule has 0 radical (unpaired) electrons. The van der Waals surface area contributed by atoms with Crippen molar-refractivity contribution in [2.75, 3.05) is 5.32 Å². The van der Waals surface area contributed by atoms with Crippen LogP contribution in [0.1, 0.15) is 20.3 Å². The number of aliphatic hydroxyl groups excluding tert-OH is 1. The molecule has 1 heterocycles. The first-order valence-corrected chi connectivity index (χ1v) is 7.11. The molecule has 0 spiro atoms. The number of hydrogen-bond donors (Lipinski definition) is 2. The van der Waals surface area contributed by atoms with Gasteiger partial charge in [-0.25, -0.2) is 4.68 Å². The predicted molar refractivity (Wildman–Crippen MR) is 80.4 cm³/mol. The van der Waals surface area contributed by atoms with Gasteiger partial charge in [-0.05, 0) is 24.6 Å². The largest absolute Gasteiger partial charge is 0.392 e. The van der Waals surface area contributed by atoms with E-state index in [9.17, 15) is 5.11 Å². The number of hydrogen-bond acceptors (Lipinski definition) is 3. The molecule has 0 saturated heterocycles. The highest BCUT2D eigenvalue weighted by Gasteiger charge is 2.47. The maximum absolute atomic E-state index is 9.85. The summed E-state index contributed by atoms with van der Waals surface area (Å²) in [7, 11) is 0. The van der Waals surface area contributed by atoms with Crippen molar-refractivity contribution in [3.63, 3.8) is 0 Å². The molecule has 20 heavy (non-hydrogen) atoms. The topological polar surface area (TPSA) is 50.1 Å². The first-order valence-electron chi connectivity index (χ1n) is 6.73. The number of aliphatic hydroxyl groups is 1. The molecule has 4 nitrogen and oxygen atoms in total. The van der Waals surface area contributed by atoms with Gasteiger partial charge in [0.25, 0.3) is 0 Å². The van der Waals surface area contributed by atoms with Crippen LogP contribution in [0.15, 0.2) is 36.7 Å². The Hall–Kier alpha value is -1.52. The number of para-hydroxylation sites is 1. The van der Waals surface area contributed by atoms with E-state index in [1.807, 2.05) is 30.5 Å². The molecule has 2 N–H and O–H groups in total. The fourth-order valence-corrected chi connectivity index (χ4v) is 2.86. The van der Waals surface area contributed by atoms with Crippen molar-refractivity contribution in [1.82, 2.24) is 9.78 Å². The van der Waals surface area contributed by atoms with Gasteiger partial charge in [0.15, 0.2) is 0 Å². The molecule has 1 fully saturated rings. The van der Waals surface area contributed by atoms with Crippen molar-refractivity contribution in [3.05, 3.63) is 41.7 Å². The Morgan fingerprint density at radius 3 is 2.80 bits per heavy atom. The Balaban J connectivity index is 1.93. The highest BCUT2D eigenvalue weighted by molar-refractivity contribution is 6.33. The summed E-state index contributed by atoms with van der Waals surface area (Å²) in [5, 5.41) is 18.2. The molecule has 0 amide bonds. The summed E-state index contributed by atoms with van der Waals surface area (Å²) in [6, 6.07) is 7.85. The minimum atomic E-state index is -0.257. The van der Waals surface area contributed by atoms with Crippen LogP contribution in [0.5, 0.6) is 0 Å². The molecule has 0 bridgehead atoms. The van der Waals surface area contributed by atoms with E-state index >= 15 is 0 Å². The van der Waals surface area contributed by atoms with Gasteiger partial charge >= 0.3 is 0 Å². The number of aromatic nitrogens is 2. The summed E-state index contributed by atoms with van der Waals surface area (Å²) in [6.07, 6.45) is 4.09. The monoisotopic (exact) mass is 291 g/mol. The van der Waals surface area contributed by atoms with Crippen LogP contribution in [0.2, 0.25) is 5.02 Å². The fourth-order valence-electron chi connectivity index (χ4n) is 2.60. The third-order valence-corrected chi connectivity index (χ3v) is 4.57. The van der Waals surface area contributed by atoms with E-state index in [1.54, 1.807) is 10.9 Å². The molecule has 1 aromatic carbocycles. The molecule has 1 aliphatic carbocycles. The van der Waals surface area contributed by atoms with Gasteiger partial charge in [0.1, 0.15) is 5.69 Å². The molecule has 106 valence electrons. The first kappa shape index (κ1) is 13.5. The highest BCUT2D eigenvalue weighted by atomic mass is 35.5. The van der Waals surface area contributed by atoms with Crippen molar-refractivity contribution in [1.29, 1.82) is 0 Å². The number of rotatable bonds is 3. The van der Waals surface area contributed by atoms with Gasteiger partial charge in [0.2, 0.25) is 0 Å². The first-order chi connectivity index (χ1) is 9.50. The molecule has 2 unspecified atom stereocenters. The van der Waals surface area contributed by atoms with E-state index in [0.29, 0.717) is 5.02 Å². The zero-order chi connectivity index (χ0) is 14.3. The maximum Gasteiger partial charge on any atom is 0.106 e. The summed E-state index contributed by atoms with van der Waals surface area (Å²) in [5.41, 5.74) is 1.64. The molecule has 5 heteroatoms. The van der Waals surface area contributed by atoms with Gasteiger partial charge < -0.3 is 10.4 Å². The lowest BCUT2D eigenvalue weighted by atomic mass is 9.64. The number of nitrogens with one attached hydrogen (secondary N) is 1. The van der Waals surface area contributed by atoms with Crippen LogP contribution in [0, 0.1) is 5.41 Å². The van der Waals surface area contributed by atoms with Gasteiger partial charge in [-0.3, -0.25) is 0 Å². The lowest BCUT2D eigenvalue weighted by molar-refractivity contribution is -0.0510.